The molecule has 0 aliphatic carbocycles. The number of benzene rings is 4. The summed E-state index contributed by atoms with van der Waals surface area (Å²) in [7, 11) is 0. The van der Waals surface area contributed by atoms with Gasteiger partial charge in [-0.15, -0.1) is 0 Å². The Bertz CT molecular complexity index is 2700. The van der Waals surface area contributed by atoms with Crippen molar-refractivity contribution in [2.24, 2.45) is 0 Å². The van der Waals surface area contributed by atoms with Crippen molar-refractivity contribution in [1.29, 1.82) is 0 Å². The van der Waals surface area contributed by atoms with Gasteiger partial charge in [-0.2, -0.15) is 0 Å². The maximum absolute atomic E-state index is 5.07. The summed E-state index contributed by atoms with van der Waals surface area (Å²) in [6.45, 7) is 0.829. The highest BCUT2D eigenvalue weighted by atomic mass is 15.0. The largest absolute Gasteiger partial charge is 0.387 e. The molecule has 0 spiro atoms. The molecule has 9 aromatic rings. The van der Waals surface area contributed by atoms with Gasteiger partial charge in [0.2, 0.25) is 0 Å². The first-order chi connectivity index (χ1) is 24.8. The Hall–Kier alpha value is -6.79. The second-order valence-electron chi connectivity index (χ2n) is 12.6. The van der Waals surface area contributed by atoms with Crippen molar-refractivity contribution in [3.63, 3.8) is 0 Å². The van der Waals surface area contributed by atoms with Gasteiger partial charge in [-0.3, -0.25) is 4.98 Å². The van der Waals surface area contributed by atoms with E-state index in [1.54, 1.807) is 0 Å². The highest BCUT2D eigenvalue weighted by Gasteiger charge is 2.18. The summed E-state index contributed by atoms with van der Waals surface area (Å²) in [5.41, 5.74) is 14.8. The summed E-state index contributed by atoms with van der Waals surface area (Å²) < 4.78 is 4.62. The molecule has 0 radical (unpaired) electrons. The van der Waals surface area contributed by atoms with Crippen LogP contribution in [-0.4, -0.2) is 24.1 Å². The van der Waals surface area contributed by atoms with Gasteiger partial charge in [-0.25, -0.2) is 9.97 Å². The molecule has 10 rings (SSSR count). The van der Waals surface area contributed by atoms with Crippen LogP contribution in [-0.2, 0) is 6.54 Å². The summed E-state index contributed by atoms with van der Waals surface area (Å²) in [5.74, 6) is 0. The van der Waals surface area contributed by atoms with Crippen molar-refractivity contribution in [3.8, 4) is 45.3 Å². The molecule has 4 aromatic carbocycles. The van der Waals surface area contributed by atoms with Gasteiger partial charge in [0.05, 0.1) is 50.5 Å². The molecule has 0 fully saturated rings. The topological polar surface area (TPSA) is 60.6 Å². The number of hydrogen-bond acceptors (Lipinski definition) is 4. The highest BCUT2D eigenvalue weighted by molar-refractivity contribution is 6.07. The predicted molar refractivity (Wildman–Crippen MR) is 203 cm³/mol. The zero-order chi connectivity index (χ0) is 33.0. The first kappa shape index (κ1) is 28.2. The molecule has 6 nitrogen and oxygen atoms in total. The van der Waals surface area contributed by atoms with Crippen molar-refractivity contribution in [2.45, 2.75) is 6.54 Å². The van der Waals surface area contributed by atoms with E-state index >= 15 is 0 Å². The van der Waals surface area contributed by atoms with E-state index in [0.717, 1.165) is 73.8 Å². The van der Waals surface area contributed by atoms with Crippen LogP contribution in [0.2, 0.25) is 0 Å². The van der Waals surface area contributed by atoms with E-state index in [2.05, 4.69) is 153 Å². The number of pyridine rings is 3. The fourth-order valence-electron chi connectivity index (χ4n) is 7.36. The van der Waals surface area contributed by atoms with Crippen LogP contribution in [0.1, 0.15) is 11.3 Å². The lowest BCUT2D eigenvalue weighted by Crippen LogP contribution is -2.10. The van der Waals surface area contributed by atoms with E-state index in [1.807, 2.05) is 30.6 Å². The Morgan fingerprint density at radius 2 is 1.04 bits per heavy atom. The minimum absolute atomic E-state index is 0.829. The molecule has 1 aliphatic heterocycles. The molecule has 236 valence electrons. The zero-order valence-electron chi connectivity index (χ0n) is 27.0. The van der Waals surface area contributed by atoms with Crippen LogP contribution in [0.5, 0.6) is 0 Å². The van der Waals surface area contributed by atoms with Gasteiger partial charge in [0.1, 0.15) is 0 Å². The Morgan fingerprint density at radius 3 is 1.72 bits per heavy atom. The fourth-order valence-corrected chi connectivity index (χ4v) is 7.36. The Labute approximate surface area is 288 Å². The van der Waals surface area contributed by atoms with Crippen LogP contribution in [0, 0.1) is 0 Å². The van der Waals surface area contributed by atoms with Crippen molar-refractivity contribution in [1.82, 2.24) is 29.4 Å². The Kier molecular flexibility index (Phi) is 6.45. The number of fused-ring (bicyclic) bond motifs is 6. The van der Waals surface area contributed by atoms with Gasteiger partial charge < -0.3 is 14.5 Å². The Morgan fingerprint density at radius 1 is 0.480 bits per heavy atom. The summed E-state index contributed by atoms with van der Waals surface area (Å²) in [6.07, 6.45) is 6.05. The van der Waals surface area contributed by atoms with E-state index in [9.17, 15) is 0 Å². The third-order valence-electron chi connectivity index (χ3n) is 9.69. The summed E-state index contributed by atoms with van der Waals surface area (Å²) in [6, 6.07) is 50.7. The van der Waals surface area contributed by atoms with Gasteiger partial charge >= 0.3 is 0 Å². The van der Waals surface area contributed by atoms with Gasteiger partial charge in [-0.1, -0.05) is 72.8 Å². The van der Waals surface area contributed by atoms with E-state index in [1.165, 1.54) is 22.2 Å². The van der Waals surface area contributed by atoms with Crippen molar-refractivity contribution in [2.75, 3.05) is 0 Å². The van der Waals surface area contributed by atoms with Gasteiger partial charge in [0.15, 0.2) is 0 Å². The zero-order valence-corrected chi connectivity index (χ0v) is 27.0. The smallest absolute Gasteiger partial charge is 0.0963 e. The maximum atomic E-state index is 5.07. The molecule has 1 N–H and O–H groups in total. The molecule has 0 saturated heterocycles. The van der Waals surface area contributed by atoms with Crippen LogP contribution in [0.3, 0.4) is 0 Å². The fraction of sp³-hybridized carbons (Fsp3) is 0.0227. The lowest BCUT2D eigenvalue weighted by Gasteiger charge is -2.13. The molecule has 50 heavy (non-hydrogen) atoms. The third kappa shape index (κ3) is 4.54. The van der Waals surface area contributed by atoms with Crippen LogP contribution < -0.4 is 5.32 Å². The second-order valence-corrected chi connectivity index (χ2v) is 12.6. The van der Waals surface area contributed by atoms with E-state index < -0.39 is 0 Å². The standard InChI is InChI=1S/C44H30N6/c1-3-14-40-33(8-1)35-28-45-27-25-42(35)49(40)31-21-17-29(18-22-31)36-10-5-12-38(47-36)39-13-6-11-37(48-39)30-19-23-32(24-20-30)50-41-15-4-2-9-34(41)44-43(50)16-7-26-46-44/h1-27,45H,28H2. The summed E-state index contributed by atoms with van der Waals surface area (Å²) in [5, 5.41) is 5.80. The molecule has 0 unspecified atom stereocenters. The molecular formula is C44H30N6. The lowest BCUT2D eigenvalue weighted by atomic mass is 10.1. The van der Waals surface area contributed by atoms with Crippen LogP contribution in [0.25, 0.3) is 84.2 Å². The van der Waals surface area contributed by atoms with Crippen molar-refractivity contribution in [3.05, 3.63) is 169 Å². The Balaban J connectivity index is 0.956. The van der Waals surface area contributed by atoms with E-state index in [-0.39, 0.29) is 0 Å². The predicted octanol–water partition coefficient (Wildman–Crippen LogP) is 9.99. The minimum atomic E-state index is 0.829. The van der Waals surface area contributed by atoms with Gasteiger partial charge in [-0.05, 0) is 85.1 Å². The average molecular weight is 643 g/mol. The highest BCUT2D eigenvalue weighted by Crippen LogP contribution is 2.34. The molecule has 6 heteroatoms. The molecule has 0 amide bonds. The number of nitrogens with one attached hydrogen (secondary N) is 1. The van der Waals surface area contributed by atoms with Crippen LogP contribution >= 0.6 is 0 Å². The molecular weight excluding hydrogens is 613 g/mol. The van der Waals surface area contributed by atoms with Crippen molar-refractivity contribution >= 4 is 38.9 Å². The quantitative estimate of drug-likeness (QED) is 0.203. The van der Waals surface area contributed by atoms with Gasteiger partial charge in [0.25, 0.3) is 0 Å². The summed E-state index contributed by atoms with van der Waals surface area (Å²) >= 11 is 0. The van der Waals surface area contributed by atoms with Crippen LogP contribution in [0.4, 0.5) is 0 Å². The normalized spacial score (nSPS) is 12.4. The first-order valence-electron chi connectivity index (χ1n) is 16.8. The third-order valence-corrected chi connectivity index (χ3v) is 9.69. The average Bonchev–Trinajstić information content (AvgIpc) is 3.71. The number of aromatic nitrogens is 5. The monoisotopic (exact) mass is 642 g/mol. The number of hydrogen-bond donors (Lipinski definition) is 1. The van der Waals surface area contributed by atoms with Crippen molar-refractivity contribution < 1.29 is 0 Å². The lowest BCUT2D eigenvalue weighted by molar-refractivity contribution is 0.855. The van der Waals surface area contributed by atoms with E-state index in [0.29, 0.717) is 0 Å². The molecule has 1 aliphatic rings. The molecule has 0 saturated carbocycles. The van der Waals surface area contributed by atoms with E-state index in [4.69, 9.17) is 9.97 Å². The second kappa shape index (κ2) is 11.4. The van der Waals surface area contributed by atoms with Gasteiger partial charge in [0, 0.05) is 51.6 Å². The first-order valence-corrected chi connectivity index (χ1v) is 16.8. The number of rotatable bonds is 5. The molecule has 5 aromatic heterocycles. The molecule has 0 bridgehead atoms. The molecule has 6 heterocycles. The number of nitrogens with zero attached hydrogens (tertiary/aromatic N) is 5. The summed E-state index contributed by atoms with van der Waals surface area (Å²) in [4.78, 5) is 14.8. The van der Waals surface area contributed by atoms with Crippen LogP contribution in [0.15, 0.2) is 158 Å². The molecule has 0 atom stereocenters. The maximum Gasteiger partial charge on any atom is 0.0963 e. The SMILES string of the molecule is C1=Cc2c(c3ccccc3n2-c2ccc(-c3cccc(-c4cccc(-c5ccc(-n6c7ccccc7c7ncccc76)cc5)n4)n3)cc2)CN1. The minimum Gasteiger partial charge on any atom is -0.387 e. The number of para-hydroxylation sites is 2.